The van der Waals surface area contributed by atoms with E-state index in [2.05, 4.69) is 15.8 Å². The van der Waals surface area contributed by atoms with Gasteiger partial charge in [-0.05, 0) is 62.5 Å². The van der Waals surface area contributed by atoms with E-state index in [1.54, 1.807) is 0 Å². The van der Waals surface area contributed by atoms with Crippen molar-refractivity contribution in [2.75, 3.05) is 6.54 Å². The van der Waals surface area contributed by atoms with E-state index in [0.29, 0.717) is 18.6 Å². The molecule has 2 saturated carbocycles. The minimum atomic E-state index is -1.42. The van der Waals surface area contributed by atoms with Crippen LogP contribution in [0.25, 0.3) is 11.1 Å². The van der Waals surface area contributed by atoms with Gasteiger partial charge in [-0.3, -0.25) is 9.59 Å². The number of benzene rings is 2. The standard InChI is InChI=1S/C37H42N4O7/c42-33-31-20-25(48-40-32-28-17-10-8-15-26(28)27-16-9-11-18-29(27)32)22-41(31)34(43)30(38-36(46)47-24-13-6-7-14-24)19-5-3-1-2-4-12-23-21-37(23,39-33)35(44)45/h4,8-12,15-18,23-25,30-31H,1-3,5-7,13-14,19-22H2,(H,38,46)(H,39,42)(H,44,45)/b12-4-/t23?,25-,30+,31+,37-/m1/s1. The maximum Gasteiger partial charge on any atom is 0.408 e. The van der Waals surface area contributed by atoms with E-state index in [4.69, 9.17) is 9.57 Å². The minimum Gasteiger partial charge on any atom is -0.479 e. The molecule has 3 fully saturated rings. The largest absolute Gasteiger partial charge is 0.479 e. The van der Waals surface area contributed by atoms with Crippen molar-refractivity contribution < 1.29 is 33.9 Å². The number of carboxylic acids is 1. The van der Waals surface area contributed by atoms with Crippen LogP contribution >= 0.6 is 0 Å². The van der Waals surface area contributed by atoms with Crippen molar-refractivity contribution in [3.63, 3.8) is 0 Å². The van der Waals surface area contributed by atoms with Crippen LogP contribution in [-0.4, -0.2) is 76.0 Å². The number of hydrogen-bond donors (Lipinski definition) is 3. The Labute approximate surface area is 279 Å². The van der Waals surface area contributed by atoms with Crippen molar-refractivity contribution in [1.29, 1.82) is 0 Å². The maximum absolute atomic E-state index is 14.3. The Bertz CT molecular complexity index is 1600. The molecule has 11 nitrogen and oxygen atoms in total. The van der Waals surface area contributed by atoms with Crippen molar-refractivity contribution in [3.05, 3.63) is 71.8 Å². The Morgan fingerprint density at radius 1 is 0.896 bits per heavy atom. The van der Waals surface area contributed by atoms with Crippen molar-refractivity contribution >= 4 is 29.6 Å². The second kappa shape index (κ2) is 13.4. The van der Waals surface area contributed by atoms with Gasteiger partial charge in [-0.15, -0.1) is 0 Å². The van der Waals surface area contributed by atoms with E-state index in [1.807, 2.05) is 60.7 Å². The lowest BCUT2D eigenvalue weighted by Crippen LogP contribution is -2.56. The Morgan fingerprint density at radius 2 is 1.56 bits per heavy atom. The number of alkyl carbamates (subject to hydrolysis) is 1. The Hall–Kier alpha value is -4.67. The van der Waals surface area contributed by atoms with Gasteiger partial charge in [0.1, 0.15) is 35.5 Å². The van der Waals surface area contributed by atoms with E-state index < -0.39 is 47.6 Å². The van der Waals surface area contributed by atoms with Crippen LogP contribution in [0, 0.1) is 5.92 Å². The average molecular weight is 655 g/mol. The summed E-state index contributed by atoms with van der Waals surface area (Å²) >= 11 is 0. The van der Waals surface area contributed by atoms with Crippen molar-refractivity contribution in [1.82, 2.24) is 15.5 Å². The van der Waals surface area contributed by atoms with Gasteiger partial charge in [-0.1, -0.05) is 78.7 Å². The fourth-order valence-electron chi connectivity index (χ4n) is 7.69. The monoisotopic (exact) mass is 654 g/mol. The molecule has 7 rings (SSSR count). The van der Waals surface area contributed by atoms with E-state index >= 15 is 0 Å². The van der Waals surface area contributed by atoms with Crippen molar-refractivity contribution in [2.45, 2.75) is 100 Å². The predicted octanol–water partition coefficient (Wildman–Crippen LogP) is 4.92. The maximum atomic E-state index is 14.3. The van der Waals surface area contributed by atoms with Crippen LogP contribution in [0.3, 0.4) is 0 Å². The molecule has 2 aromatic rings. The fraction of sp³-hybridized carbons (Fsp3) is 0.486. The van der Waals surface area contributed by atoms with Gasteiger partial charge in [0.25, 0.3) is 0 Å². The molecule has 2 heterocycles. The predicted molar refractivity (Wildman–Crippen MR) is 177 cm³/mol. The quantitative estimate of drug-likeness (QED) is 0.261. The van der Waals surface area contributed by atoms with Crippen molar-refractivity contribution in [3.8, 4) is 11.1 Å². The third kappa shape index (κ3) is 6.30. The number of ether oxygens (including phenoxy) is 1. The molecular weight excluding hydrogens is 612 g/mol. The third-order valence-electron chi connectivity index (χ3n) is 10.4. The molecule has 1 unspecified atom stereocenters. The average Bonchev–Trinajstić information content (AvgIpc) is 3.42. The highest BCUT2D eigenvalue weighted by atomic mass is 16.6. The highest BCUT2D eigenvalue weighted by Gasteiger charge is 2.61. The zero-order chi connectivity index (χ0) is 33.3. The summed E-state index contributed by atoms with van der Waals surface area (Å²) in [5.74, 6) is -2.40. The number of carboxylic acid groups (broad SMARTS) is 1. The highest BCUT2D eigenvalue weighted by Crippen LogP contribution is 2.45. The van der Waals surface area contributed by atoms with Gasteiger partial charge in [0.2, 0.25) is 11.8 Å². The summed E-state index contributed by atoms with van der Waals surface area (Å²) in [4.78, 5) is 61.1. The van der Waals surface area contributed by atoms with E-state index in [9.17, 15) is 24.3 Å². The lowest BCUT2D eigenvalue weighted by molar-refractivity contribution is -0.145. The summed E-state index contributed by atoms with van der Waals surface area (Å²) in [5.41, 5.74) is 3.22. The molecule has 0 spiro atoms. The van der Waals surface area contributed by atoms with Gasteiger partial charge in [-0.25, -0.2) is 9.59 Å². The number of carbonyl (C=O) groups excluding carboxylic acids is 3. The van der Waals surface area contributed by atoms with Gasteiger partial charge in [0.15, 0.2) is 0 Å². The number of oxime groups is 1. The normalized spacial score (nSPS) is 29.2. The molecule has 2 aliphatic heterocycles. The number of nitrogens with one attached hydrogen (secondary N) is 2. The molecule has 1 saturated heterocycles. The van der Waals surface area contributed by atoms with Crippen LogP contribution in [0.4, 0.5) is 4.79 Å². The van der Waals surface area contributed by atoms with Crippen LogP contribution in [0.2, 0.25) is 0 Å². The molecule has 48 heavy (non-hydrogen) atoms. The van der Waals surface area contributed by atoms with Crippen LogP contribution in [0.15, 0.2) is 65.8 Å². The van der Waals surface area contributed by atoms with Gasteiger partial charge in [0, 0.05) is 23.5 Å². The zero-order valence-electron chi connectivity index (χ0n) is 26.9. The summed E-state index contributed by atoms with van der Waals surface area (Å²) in [6, 6.07) is 14.0. The van der Waals surface area contributed by atoms with E-state index in [-0.39, 0.29) is 31.4 Å². The Morgan fingerprint density at radius 3 is 2.25 bits per heavy atom. The molecule has 11 heteroatoms. The van der Waals surface area contributed by atoms with Gasteiger partial charge in [0.05, 0.1) is 6.54 Å². The molecule has 5 aliphatic rings. The Kier molecular flexibility index (Phi) is 8.94. The second-order valence-electron chi connectivity index (χ2n) is 13.7. The molecule has 5 atom stereocenters. The molecule has 0 bridgehead atoms. The van der Waals surface area contributed by atoms with E-state index in [0.717, 1.165) is 67.2 Å². The summed E-state index contributed by atoms with van der Waals surface area (Å²) in [5, 5.41) is 20.3. The van der Waals surface area contributed by atoms with Crippen LogP contribution in [0.5, 0.6) is 0 Å². The van der Waals surface area contributed by atoms with Gasteiger partial charge < -0.3 is 30.2 Å². The molecular formula is C37H42N4O7. The molecule has 2 aromatic carbocycles. The number of aliphatic carboxylic acids is 1. The first kappa shape index (κ1) is 31.9. The van der Waals surface area contributed by atoms with Crippen LogP contribution < -0.4 is 10.6 Å². The van der Waals surface area contributed by atoms with Crippen LogP contribution in [-0.2, 0) is 24.0 Å². The smallest absolute Gasteiger partial charge is 0.408 e. The molecule has 3 amide bonds. The summed E-state index contributed by atoms with van der Waals surface area (Å²) in [6.45, 7) is 0.0518. The first-order chi connectivity index (χ1) is 23.3. The molecule has 3 aliphatic carbocycles. The number of amides is 3. The summed E-state index contributed by atoms with van der Waals surface area (Å²) in [6.07, 6.45) is 9.96. The third-order valence-corrected chi connectivity index (χ3v) is 10.4. The van der Waals surface area contributed by atoms with Crippen molar-refractivity contribution in [2.24, 2.45) is 11.1 Å². The molecule has 0 radical (unpaired) electrons. The fourth-order valence-corrected chi connectivity index (χ4v) is 7.69. The summed E-state index contributed by atoms with van der Waals surface area (Å²) < 4.78 is 5.64. The second-order valence-corrected chi connectivity index (χ2v) is 13.7. The van der Waals surface area contributed by atoms with Gasteiger partial charge >= 0.3 is 12.1 Å². The first-order valence-corrected chi connectivity index (χ1v) is 17.3. The topological polar surface area (TPSA) is 147 Å². The van der Waals surface area contributed by atoms with E-state index in [1.165, 1.54) is 4.90 Å². The number of rotatable bonds is 5. The number of fused-ring (bicyclic) bond motifs is 5. The number of hydrogen-bond acceptors (Lipinski definition) is 7. The number of allylic oxidation sites excluding steroid dienone is 1. The van der Waals surface area contributed by atoms with Crippen LogP contribution in [0.1, 0.15) is 81.8 Å². The molecule has 252 valence electrons. The molecule has 3 N–H and O–H groups in total. The SMILES string of the molecule is O=C(N[C@H]1CCCCC/C=C\C2C[C@@]2(C(=O)O)NC(=O)[C@@H]2C[C@@H](ON=C3c4ccccc4-c4ccccc43)CN2C1=O)OC1CCCC1. The van der Waals surface area contributed by atoms with Gasteiger partial charge in [-0.2, -0.15) is 0 Å². The molecule has 0 aromatic heterocycles. The lowest BCUT2D eigenvalue weighted by Gasteiger charge is -2.29. The first-order valence-electron chi connectivity index (χ1n) is 17.3. The zero-order valence-corrected chi connectivity index (χ0v) is 26.9. The minimum absolute atomic E-state index is 0.0518. The lowest BCUT2D eigenvalue weighted by atomic mass is 10.0. The highest BCUT2D eigenvalue weighted by molar-refractivity contribution is 6.24. The Balaban J connectivity index is 1.15. The summed E-state index contributed by atoms with van der Waals surface area (Å²) in [7, 11) is 0. The number of carbonyl (C=O) groups is 4. The number of nitrogens with zero attached hydrogens (tertiary/aromatic N) is 2.